The Bertz CT molecular complexity index is 577. The minimum Gasteiger partial charge on any atom is -0.313 e. The van der Waals surface area contributed by atoms with Crippen molar-refractivity contribution in [3.8, 4) is 0 Å². The van der Waals surface area contributed by atoms with E-state index in [2.05, 4.69) is 42.2 Å². The molecule has 0 amide bonds. The van der Waals surface area contributed by atoms with Gasteiger partial charge >= 0.3 is 0 Å². The van der Waals surface area contributed by atoms with E-state index < -0.39 is 0 Å². The number of aryl methyl sites for hydroxylation is 1. The Kier molecular flexibility index (Phi) is 4.78. The van der Waals surface area contributed by atoms with Crippen LogP contribution in [0, 0.1) is 6.92 Å². The van der Waals surface area contributed by atoms with Gasteiger partial charge in [-0.15, -0.1) is 0 Å². The van der Waals surface area contributed by atoms with Gasteiger partial charge in [-0.05, 0) is 51.1 Å². The van der Waals surface area contributed by atoms with Gasteiger partial charge in [-0.25, -0.2) is 9.67 Å². The second kappa shape index (κ2) is 6.37. The van der Waals surface area contributed by atoms with Gasteiger partial charge in [0.05, 0.1) is 0 Å². The van der Waals surface area contributed by atoms with Crippen LogP contribution in [0.1, 0.15) is 42.9 Å². The molecule has 1 N–H and O–H groups in total. The maximum absolute atomic E-state index is 6.03. The first-order valence-electron chi connectivity index (χ1n) is 6.84. The Morgan fingerprint density at radius 2 is 2.10 bits per heavy atom. The number of rotatable bonds is 5. The lowest BCUT2D eigenvalue weighted by atomic mass is 9.98. The fourth-order valence-corrected chi connectivity index (χ4v) is 2.66. The molecule has 0 aliphatic carbocycles. The lowest BCUT2D eigenvalue weighted by molar-refractivity contribution is 0.477. The zero-order chi connectivity index (χ0) is 14.7. The number of hydrogen-bond acceptors (Lipinski definition) is 3. The van der Waals surface area contributed by atoms with Crippen LogP contribution in [-0.2, 0) is 6.42 Å². The van der Waals surface area contributed by atoms with E-state index in [1.807, 2.05) is 23.9 Å². The van der Waals surface area contributed by atoms with Crippen molar-refractivity contribution in [3.63, 3.8) is 0 Å². The lowest BCUT2D eigenvalue weighted by Crippen LogP contribution is -2.22. The molecule has 0 saturated heterocycles. The SMILES string of the molecule is CNC(Cc1ncnn1C(C)C)c1ccc(Cl)cc1C. The van der Waals surface area contributed by atoms with Crippen molar-refractivity contribution in [2.45, 2.75) is 39.3 Å². The molecule has 0 fully saturated rings. The van der Waals surface area contributed by atoms with Crippen LogP contribution in [-0.4, -0.2) is 21.8 Å². The van der Waals surface area contributed by atoms with E-state index in [0.717, 1.165) is 17.3 Å². The van der Waals surface area contributed by atoms with Crippen LogP contribution in [0.5, 0.6) is 0 Å². The van der Waals surface area contributed by atoms with E-state index >= 15 is 0 Å². The molecule has 0 aliphatic heterocycles. The molecule has 0 aliphatic rings. The van der Waals surface area contributed by atoms with E-state index in [-0.39, 0.29) is 6.04 Å². The molecule has 0 bridgehead atoms. The summed E-state index contributed by atoms with van der Waals surface area (Å²) < 4.78 is 1.97. The number of likely N-dealkylation sites (N-methyl/N-ethyl adjacent to an activating group) is 1. The molecule has 2 rings (SSSR count). The fraction of sp³-hybridized carbons (Fsp3) is 0.467. The summed E-state index contributed by atoms with van der Waals surface area (Å²) in [6.07, 6.45) is 2.42. The summed E-state index contributed by atoms with van der Waals surface area (Å²) >= 11 is 6.03. The van der Waals surface area contributed by atoms with E-state index in [9.17, 15) is 0 Å². The minimum absolute atomic E-state index is 0.203. The zero-order valence-electron chi connectivity index (χ0n) is 12.4. The van der Waals surface area contributed by atoms with Crippen LogP contribution in [0.3, 0.4) is 0 Å². The summed E-state index contributed by atoms with van der Waals surface area (Å²) in [6, 6.07) is 6.52. The van der Waals surface area contributed by atoms with Gasteiger partial charge in [0.2, 0.25) is 0 Å². The Hall–Kier alpha value is -1.39. The van der Waals surface area contributed by atoms with Crippen molar-refractivity contribution in [1.82, 2.24) is 20.1 Å². The number of hydrogen-bond donors (Lipinski definition) is 1. The normalized spacial score (nSPS) is 12.9. The maximum atomic E-state index is 6.03. The fourth-order valence-electron chi connectivity index (χ4n) is 2.43. The van der Waals surface area contributed by atoms with Gasteiger partial charge in [-0.3, -0.25) is 0 Å². The molecule has 0 saturated carbocycles. The monoisotopic (exact) mass is 292 g/mol. The second-order valence-corrected chi connectivity index (χ2v) is 5.70. The maximum Gasteiger partial charge on any atom is 0.138 e. The van der Waals surface area contributed by atoms with Gasteiger partial charge in [-0.1, -0.05) is 17.7 Å². The third-order valence-corrected chi connectivity index (χ3v) is 3.71. The quantitative estimate of drug-likeness (QED) is 0.919. The zero-order valence-corrected chi connectivity index (χ0v) is 13.1. The van der Waals surface area contributed by atoms with Gasteiger partial charge in [0, 0.05) is 23.5 Å². The number of aromatic nitrogens is 3. The highest BCUT2D eigenvalue weighted by Crippen LogP contribution is 2.24. The summed E-state index contributed by atoms with van der Waals surface area (Å²) in [5.41, 5.74) is 2.43. The van der Waals surface area contributed by atoms with Crippen molar-refractivity contribution in [2.24, 2.45) is 0 Å². The predicted molar refractivity (Wildman–Crippen MR) is 82.1 cm³/mol. The average molecular weight is 293 g/mol. The van der Waals surface area contributed by atoms with E-state index in [4.69, 9.17) is 11.6 Å². The molecule has 1 heterocycles. The minimum atomic E-state index is 0.203. The van der Waals surface area contributed by atoms with Crippen LogP contribution >= 0.6 is 11.6 Å². The molecule has 108 valence electrons. The standard InChI is InChI=1S/C15H21ClN4/c1-10(2)20-15(18-9-19-20)8-14(17-4)13-6-5-12(16)7-11(13)3/h5-7,9-10,14,17H,8H2,1-4H3. The van der Waals surface area contributed by atoms with E-state index in [1.165, 1.54) is 11.1 Å². The Balaban J connectivity index is 2.27. The first-order valence-corrected chi connectivity index (χ1v) is 7.22. The van der Waals surface area contributed by atoms with Crippen LogP contribution in [0.4, 0.5) is 0 Å². The Morgan fingerprint density at radius 1 is 1.35 bits per heavy atom. The van der Waals surface area contributed by atoms with Gasteiger partial charge in [0.25, 0.3) is 0 Å². The van der Waals surface area contributed by atoms with Crippen LogP contribution in [0.25, 0.3) is 0 Å². The van der Waals surface area contributed by atoms with Gasteiger partial charge in [-0.2, -0.15) is 5.10 Å². The summed E-state index contributed by atoms with van der Waals surface area (Å²) in [5.74, 6) is 0.994. The third-order valence-electron chi connectivity index (χ3n) is 3.48. The molecule has 0 radical (unpaired) electrons. The van der Waals surface area contributed by atoms with Crippen LogP contribution in [0.2, 0.25) is 5.02 Å². The summed E-state index contributed by atoms with van der Waals surface area (Å²) in [5, 5.41) is 8.42. The van der Waals surface area contributed by atoms with E-state index in [0.29, 0.717) is 6.04 Å². The molecule has 1 unspecified atom stereocenters. The Morgan fingerprint density at radius 3 is 2.70 bits per heavy atom. The second-order valence-electron chi connectivity index (χ2n) is 5.26. The van der Waals surface area contributed by atoms with Gasteiger partial charge in [0.15, 0.2) is 0 Å². The Labute approximate surface area is 125 Å². The number of benzene rings is 1. The number of nitrogens with one attached hydrogen (secondary N) is 1. The molecule has 1 aromatic heterocycles. The van der Waals surface area contributed by atoms with Gasteiger partial charge < -0.3 is 5.32 Å². The molecule has 0 spiro atoms. The first-order chi connectivity index (χ1) is 9.52. The summed E-state index contributed by atoms with van der Waals surface area (Å²) in [6.45, 7) is 6.30. The molecule has 4 nitrogen and oxygen atoms in total. The molecule has 5 heteroatoms. The molecule has 20 heavy (non-hydrogen) atoms. The van der Waals surface area contributed by atoms with Crippen molar-refractivity contribution in [3.05, 3.63) is 46.5 Å². The highest BCUT2D eigenvalue weighted by Gasteiger charge is 2.17. The summed E-state index contributed by atoms with van der Waals surface area (Å²) in [4.78, 5) is 4.38. The van der Waals surface area contributed by atoms with Crippen molar-refractivity contribution < 1.29 is 0 Å². The topological polar surface area (TPSA) is 42.7 Å². The lowest BCUT2D eigenvalue weighted by Gasteiger charge is -2.20. The highest BCUT2D eigenvalue weighted by atomic mass is 35.5. The van der Waals surface area contributed by atoms with Crippen molar-refractivity contribution >= 4 is 11.6 Å². The third kappa shape index (κ3) is 3.19. The molecular weight excluding hydrogens is 272 g/mol. The number of nitrogens with zero attached hydrogens (tertiary/aromatic N) is 3. The van der Waals surface area contributed by atoms with Gasteiger partial charge in [0.1, 0.15) is 12.2 Å². The summed E-state index contributed by atoms with van der Waals surface area (Å²) in [7, 11) is 1.97. The van der Waals surface area contributed by atoms with Crippen LogP contribution in [0.15, 0.2) is 24.5 Å². The highest BCUT2D eigenvalue weighted by molar-refractivity contribution is 6.30. The molecule has 1 aromatic carbocycles. The van der Waals surface area contributed by atoms with Crippen LogP contribution < -0.4 is 5.32 Å². The molecular formula is C15H21ClN4. The van der Waals surface area contributed by atoms with Crippen molar-refractivity contribution in [1.29, 1.82) is 0 Å². The largest absolute Gasteiger partial charge is 0.313 e. The average Bonchev–Trinajstić information content (AvgIpc) is 2.85. The number of halogens is 1. The van der Waals surface area contributed by atoms with Crippen molar-refractivity contribution in [2.75, 3.05) is 7.05 Å². The molecule has 2 aromatic rings. The van der Waals surface area contributed by atoms with E-state index in [1.54, 1.807) is 6.33 Å². The predicted octanol–water partition coefficient (Wildman–Crippen LogP) is 3.32. The smallest absolute Gasteiger partial charge is 0.138 e. The molecule has 1 atom stereocenters. The first kappa shape index (κ1) is 15.0.